The van der Waals surface area contributed by atoms with Gasteiger partial charge < -0.3 is 10.5 Å². The van der Waals surface area contributed by atoms with Crippen LogP contribution in [0.25, 0.3) is 0 Å². The summed E-state index contributed by atoms with van der Waals surface area (Å²) in [5, 5.41) is 0.549. The fraction of sp³-hybridized carbons (Fsp3) is 0.0769. The van der Waals surface area contributed by atoms with Crippen LogP contribution in [0.1, 0.15) is 5.56 Å². The van der Waals surface area contributed by atoms with E-state index in [1.54, 1.807) is 30.3 Å². The highest BCUT2D eigenvalue weighted by Crippen LogP contribution is 2.26. The Morgan fingerprint density at radius 1 is 1.18 bits per heavy atom. The Kier molecular flexibility index (Phi) is 3.49. The minimum Gasteiger partial charge on any atom is -0.487 e. The minimum atomic E-state index is -0.287. The fourth-order valence-corrected chi connectivity index (χ4v) is 1.58. The van der Waals surface area contributed by atoms with Crippen LogP contribution in [0.2, 0.25) is 5.02 Å². The molecule has 88 valence electrons. The molecule has 0 aromatic heterocycles. The van der Waals surface area contributed by atoms with Gasteiger partial charge in [0, 0.05) is 11.1 Å². The molecule has 2 aromatic rings. The van der Waals surface area contributed by atoms with Crippen molar-refractivity contribution in [3.05, 3.63) is 58.9 Å². The van der Waals surface area contributed by atoms with Gasteiger partial charge in [0.25, 0.3) is 0 Å². The average molecular weight is 252 g/mol. The number of hydrogen-bond acceptors (Lipinski definition) is 2. The van der Waals surface area contributed by atoms with E-state index in [0.717, 1.165) is 5.56 Å². The number of rotatable bonds is 3. The van der Waals surface area contributed by atoms with E-state index < -0.39 is 0 Å². The lowest BCUT2D eigenvalue weighted by atomic mass is 10.2. The Balaban J connectivity index is 2.09. The van der Waals surface area contributed by atoms with Crippen molar-refractivity contribution in [2.24, 2.45) is 0 Å². The van der Waals surface area contributed by atoms with Crippen LogP contribution in [0.3, 0.4) is 0 Å². The van der Waals surface area contributed by atoms with Crippen LogP contribution in [0.5, 0.6) is 5.75 Å². The van der Waals surface area contributed by atoms with Gasteiger partial charge in [-0.1, -0.05) is 23.7 Å². The molecule has 4 heteroatoms. The molecule has 2 nitrogen and oxygen atoms in total. The van der Waals surface area contributed by atoms with E-state index in [2.05, 4.69) is 0 Å². The zero-order valence-corrected chi connectivity index (χ0v) is 9.75. The van der Waals surface area contributed by atoms with Gasteiger partial charge in [-0.15, -0.1) is 0 Å². The van der Waals surface area contributed by atoms with E-state index in [4.69, 9.17) is 22.1 Å². The zero-order valence-electron chi connectivity index (χ0n) is 8.99. The Morgan fingerprint density at radius 3 is 2.76 bits per heavy atom. The standard InChI is InChI=1S/C13H11ClFNO/c14-10-4-5-12(16)13(7-10)17-8-9-2-1-3-11(15)6-9/h1-7H,8,16H2. The van der Waals surface area contributed by atoms with E-state index in [1.165, 1.54) is 12.1 Å². The lowest BCUT2D eigenvalue weighted by Crippen LogP contribution is -1.99. The SMILES string of the molecule is Nc1ccc(Cl)cc1OCc1cccc(F)c1. The zero-order chi connectivity index (χ0) is 12.3. The smallest absolute Gasteiger partial charge is 0.144 e. The van der Waals surface area contributed by atoms with Crippen LogP contribution in [-0.4, -0.2) is 0 Å². The molecule has 0 saturated carbocycles. The van der Waals surface area contributed by atoms with Crippen LogP contribution < -0.4 is 10.5 Å². The van der Waals surface area contributed by atoms with E-state index >= 15 is 0 Å². The van der Waals surface area contributed by atoms with E-state index in [-0.39, 0.29) is 12.4 Å². The average Bonchev–Trinajstić information content (AvgIpc) is 2.30. The summed E-state index contributed by atoms with van der Waals surface area (Å²) in [4.78, 5) is 0. The molecule has 0 fully saturated rings. The molecule has 0 aliphatic rings. The minimum absolute atomic E-state index is 0.252. The third-order valence-corrected chi connectivity index (χ3v) is 2.49. The second-order valence-electron chi connectivity index (χ2n) is 3.60. The molecule has 0 aliphatic carbocycles. The lowest BCUT2D eigenvalue weighted by Gasteiger charge is -2.09. The number of anilines is 1. The molecular formula is C13H11ClFNO. The molecule has 2 N–H and O–H groups in total. The number of hydrogen-bond donors (Lipinski definition) is 1. The van der Waals surface area contributed by atoms with Gasteiger partial charge in [0.05, 0.1) is 5.69 Å². The maximum absolute atomic E-state index is 12.9. The van der Waals surface area contributed by atoms with Gasteiger partial charge in [-0.25, -0.2) is 4.39 Å². The molecule has 0 spiro atoms. The van der Waals surface area contributed by atoms with E-state index in [1.807, 2.05) is 0 Å². The van der Waals surface area contributed by atoms with Crippen LogP contribution >= 0.6 is 11.6 Å². The highest BCUT2D eigenvalue weighted by molar-refractivity contribution is 6.30. The van der Waals surface area contributed by atoms with Gasteiger partial charge in [-0.05, 0) is 29.8 Å². The monoisotopic (exact) mass is 251 g/mol. The van der Waals surface area contributed by atoms with Crippen molar-refractivity contribution in [3.8, 4) is 5.75 Å². The lowest BCUT2D eigenvalue weighted by molar-refractivity contribution is 0.307. The molecule has 2 aromatic carbocycles. The summed E-state index contributed by atoms with van der Waals surface area (Å²) >= 11 is 5.83. The van der Waals surface area contributed by atoms with Crippen molar-refractivity contribution in [2.45, 2.75) is 6.61 Å². The summed E-state index contributed by atoms with van der Waals surface area (Å²) in [6.07, 6.45) is 0. The largest absolute Gasteiger partial charge is 0.487 e. The van der Waals surface area contributed by atoms with Gasteiger partial charge in [0.2, 0.25) is 0 Å². The van der Waals surface area contributed by atoms with Crippen LogP contribution in [-0.2, 0) is 6.61 Å². The summed E-state index contributed by atoms with van der Waals surface area (Å²) in [6.45, 7) is 0.252. The highest BCUT2D eigenvalue weighted by atomic mass is 35.5. The third kappa shape index (κ3) is 3.11. The molecule has 0 aliphatic heterocycles. The van der Waals surface area contributed by atoms with Gasteiger partial charge in [0.15, 0.2) is 0 Å². The first-order valence-corrected chi connectivity index (χ1v) is 5.45. The molecule has 0 bridgehead atoms. The van der Waals surface area contributed by atoms with Crippen LogP contribution in [0.4, 0.5) is 10.1 Å². The van der Waals surface area contributed by atoms with Crippen molar-refractivity contribution < 1.29 is 9.13 Å². The van der Waals surface area contributed by atoms with Crippen molar-refractivity contribution in [1.29, 1.82) is 0 Å². The van der Waals surface area contributed by atoms with Crippen molar-refractivity contribution >= 4 is 17.3 Å². The Bertz CT molecular complexity index is 531. The Morgan fingerprint density at radius 2 is 2.00 bits per heavy atom. The number of benzene rings is 2. The molecule has 0 radical (unpaired) electrons. The normalized spacial score (nSPS) is 10.2. The quantitative estimate of drug-likeness (QED) is 0.846. The van der Waals surface area contributed by atoms with Crippen molar-refractivity contribution in [2.75, 3.05) is 5.73 Å². The first kappa shape index (κ1) is 11.7. The predicted molar refractivity (Wildman–Crippen MR) is 66.6 cm³/mol. The van der Waals surface area contributed by atoms with Crippen molar-refractivity contribution in [3.63, 3.8) is 0 Å². The summed E-state index contributed by atoms with van der Waals surface area (Å²) in [6, 6.07) is 11.2. The molecule has 0 unspecified atom stereocenters. The van der Waals surface area contributed by atoms with Crippen LogP contribution in [0, 0.1) is 5.82 Å². The topological polar surface area (TPSA) is 35.2 Å². The maximum atomic E-state index is 12.9. The van der Waals surface area contributed by atoms with Gasteiger partial charge in [0.1, 0.15) is 18.2 Å². The second-order valence-corrected chi connectivity index (χ2v) is 4.04. The molecule has 0 atom stereocenters. The first-order valence-electron chi connectivity index (χ1n) is 5.07. The third-order valence-electron chi connectivity index (χ3n) is 2.26. The maximum Gasteiger partial charge on any atom is 0.144 e. The Hall–Kier alpha value is -1.74. The Labute approximate surface area is 104 Å². The molecule has 17 heavy (non-hydrogen) atoms. The summed E-state index contributed by atoms with van der Waals surface area (Å²) in [5.41, 5.74) is 6.97. The predicted octanol–water partition coefficient (Wildman–Crippen LogP) is 3.64. The second kappa shape index (κ2) is 5.06. The summed E-state index contributed by atoms with van der Waals surface area (Å²) < 4.78 is 18.4. The van der Waals surface area contributed by atoms with Gasteiger partial charge >= 0.3 is 0 Å². The summed E-state index contributed by atoms with van der Waals surface area (Å²) in [5.74, 6) is 0.215. The van der Waals surface area contributed by atoms with Crippen molar-refractivity contribution in [1.82, 2.24) is 0 Å². The first-order chi connectivity index (χ1) is 8.15. The van der Waals surface area contributed by atoms with Gasteiger partial charge in [-0.2, -0.15) is 0 Å². The number of halogens is 2. The highest BCUT2D eigenvalue weighted by Gasteiger charge is 2.02. The number of nitrogens with two attached hydrogens (primary N) is 1. The van der Waals surface area contributed by atoms with Gasteiger partial charge in [-0.3, -0.25) is 0 Å². The molecule has 2 rings (SSSR count). The molecule has 0 heterocycles. The van der Waals surface area contributed by atoms with E-state index in [0.29, 0.717) is 16.5 Å². The van der Waals surface area contributed by atoms with Crippen LogP contribution in [0.15, 0.2) is 42.5 Å². The number of ether oxygens (including phenoxy) is 1. The number of nitrogen functional groups attached to an aromatic ring is 1. The fourth-order valence-electron chi connectivity index (χ4n) is 1.42. The summed E-state index contributed by atoms with van der Waals surface area (Å²) in [7, 11) is 0. The molecule has 0 amide bonds. The molecule has 0 saturated heterocycles. The molecular weight excluding hydrogens is 241 g/mol. The van der Waals surface area contributed by atoms with E-state index in [9.17, 15) is 4.39 Å².